The molecule has 1 aliphatic rings. The fraction of sp³-hybridized carbons (Fsp3) is 0.500. The van der Waals surface area contributed by atoms with Gasteiger partial charge in [0.2, 0.25) is 0 Å². The predicted octanol–water partition coefficient (Wildman–Crippen LogP) is 0.169. The van der Waals surface area contributed by atoms with Crippen molar-refractivity contribution in [2.24, 2.45) is 4.99 Å². The number of urea groups is 1. The number of hydrogen-bond acceptors (Lipinski definition) is 1. The highest BCUT2D eigenvalue weighted by atomic mass is 16.2. The van der Waals surface area contributed by atoms with Gasteiger partial charge in [-0.05, 0) is 6.92 Å². The maximum absolute atomic E-state index is 10.1. The van der Waals surface area contributed by atoms with E-state index < -0.39 is 0 Å². The minimum absolute atomic E-state index is 0.132. The second-order valence-corrected chi connectivity index (χ2v) is 1.52. The van der Waals surface area contributed by atoms with Gasteiger partial charge in [0.25, 0.3) is 0 Å². The van der Waals surface area contributed by atoms with Crippen LogP contribution in [-0.2, 0) is 0 Å². The molecule has 0 spiro atoms. The Morgan fingerprint density at radius 1 is 2.00 bits per heavy atom. The molecule has 7 heavy (non-hydrogen) atoms. The summed E-state index contributed by atoms with van der Waals surface area (Å²) >= 11 is 0. The molecule has 0 aromatic rings. The molecule has 38 valence electrons. The lowest BCUT2D eigenvalue weighted by Gasteiger charge is -1.92. The summed E-state index contributed by atoms with van der Waals surface area (Å²) in [5, 5.41) is 2.56. The summed E-state index contributed by atoms with van der Waals surface area (Å²) < 4.78 is 0. The molecule has 3 nitrogen and oxygen atoms in total. The zero-order valence-electron chi connectivity index (χ0n) is 4.01. The van der Waals surface area contributed by atoms with Gasteiger partial charge in [0, 0.05) is 6.21 Å². The highest BCUT2D eigenvalue weighted by Gasteiger charge is 2.07. The van der Waals surface area contributed by atoms with E-state index in [2.05, 4.69) is 10.3 Å². The lowest BCUT2D eigenvalue weighted by Crippen LogP contribution is -2.23. The van der Waals surface area contributed by atoms with Crippen molar-refractivity contribution in [2.75, 3.05) is 0 Å². The third kappa shape index (κ3) is 0.765. The molecule has 1 N–H and O–H groups in total. The van der Waals surface area contributed by atoms with Gasteiger partial charge >= 0.3 is 6.03 Å². The number of nitrogens with zero attached hydrogens (tertiary/aromatic N) is 1. The van der Waals surface area contributed by atoms with E-state index in [1.54, 1.807) is 6.21 Å². The zero-order valence-corrected chi connectivity index (χ0v) is 4.01. The van der Waals surface area contributed by atoms with Crippen LogP contribution >= 0.6 is 0 Å². The van der Waals surface area contributed by atoms with Crippen molar-refractivity contribution in [2.45, 2.75) is 13.0 Å². The summed E-state index contributed by atoms with van der Waals surface area (Å²) in [7, 11) is 0. The summed E-state index contributed by atoms with van der Waals surface area (Å²) in [6.45, 7) is 1.87. The van der Waals surface area contributed by atoms with E-state index in [1.165, 1.54) is 0 Å². The SMILES string of the molecule is CC1C=NC(=O)N1. The normalized spacial score (nSPS) is 28.1. The number of aliphatic imine (C=N–C) groups is 1. The van der Waals surface area contributed by atoms with Gasteiger partial charge in [0.05, 0.1) is 6.04 Å². The maximum atomic E-state index is 10.1. The van der Waals surface area contributed by atoms with E-state index in [4.69, 9.17) is 0 Å². The number of carbonyl (C=O) groups excluding carboxylic acids is 1. The van der Waals surface area contributed by atoms with E-state index >= 15 is 0 Å². The van der Waals surface area contributed by atoms with Gasteiger partial charge < -0.3 is 5.32 Å². The molecule has 0 radical (unpaired) electrons. The minimum atomic E-state index is -0.229. The molecular formula is C4H6N2O. The van der Waals surface area contributed by atoms with E-state index in [1.807, 2.05) is 6.92 Å². The van der Waals surface area contributed by atoms with Crippen molar-refractivity contribution in [3.8, 4) is 0 Å². The lowest BCUT2D eigenvalue weighted by atomic mass is 10.4. The van der Waals surface area contributed by atoms with Crippen LogP contribution in [0.4, 0.5) is 4.79 Å². The average molecular weight is 98.1 g/mol. The van der Waals surface area contributed by atoms with Crippen LogP contribution in [0.25, 0.3) is 0 Å². The maximum Gasteiger partial charge on any atom is 0.341 e. The number of carbonyl (C=O) groups is 1. The van der Waals surface area contributed by atoms with Gasteiger partial charge in [0.1, 0.15) is 0 Å². The van der Waals surface area contributed by atoms with Crippen molar-refractivity contribution < 1.29 is 4.79 Å². The monoisotopic (exact) mass is 98.0 g/mol. The Bertz CT molecular complexity index is 119. The summed E-state index contributed by atoms with van der Waals surface area (Å²) in [5.74, 6) is 0. The molecule has 0 saturated heterocycles. The molecule has 1 aliphatic heterocycles. The molecule has 1 heterocycles. The van der Waals surface area contributed by atoms with Crippen LogP contribution in [0, 0.1) is 0 Å². The van der Waals surface area contributed by atoms with Gasteiger partial charge in [-0.25, -0.2) is 9.79 Å². The molecule has 0 bridgehead atoms. The molecule has 0 aliphatic carbocycles. The average Bonchev–Trinajstić information content (AvgIpc) is 1.87. The molecule has 0 aromatic carbocycles. The summed E-state index contributed by atoms with van der Waals surface area (Å²) in [5.41, 5.74) is 0. The van der Waals surface area contributed by atoms with Crippen LogP contribution in [0.1, 0.15) is 6.92 Å². The van der Waals surface area contributed by atoms with E-state index in [0.717, 1.165) is 0 Å². The van der Waals surface area contributed by atoms with Crippen LogP contribution in [-0.4, -0.2) is 18.3 Å². The molecule has 2 amide bonds. The van der Waals surface area contributed by atoms with Crippen LogP contribution in [0.3, 0.4) is 0 Å². The number of nitrogens with one attached hydrogen (secondary N) is 1. The first-order valence-corrected chi connectivity index (χ1v) is 2.14. The third-order valence-electron chi connectivity index (χ3n) is 0.767. The first-order chi connectivity index (χ1) is 3.29. The van der Waals surface area contributed by atoms with Crippen molar-refractivity contribution in [3.63, 3.8) is 0 Å². The first kappa shape index (κ1) is 4.30. The third-order valence-corrected chi connectivity index (χ3v) is 0.767. The van der Waals surface area contributed by atoms with Crippen LogP contribution in [0.5, 0.6) is 0 Å². The standard InChI is InChI=1S/C4H6N2O/c1-3-2-5-4(7)6-3/h2-3H,1H3,(H,6,7). The Labute approximate surface area is 41.4 Å². The zero-order chi connectivity index (χ0) is 5.28. The molecule has 1 atom stereocenters. The second-order valence-electron chi connectivity index (χ2n) is 1.52. The second kappa shape index (κ2) is 1.33. The van der Waals surface area contributed by atoms with Gasteiger partial charge in [-0.15, -0.1) is 0 Å². The summed E-state index contributed by atoms with van der Waals surface area (Å²) in [6, 6.07) is -0.0972. The van der Waals surface area contributed by atoms with Crippen molar-refractivity contribution in [3.05, 3.63) is 0 Å². The van der Waals surface area contributed by atoms with Crippen LogP contribution < -0.4 is 5.32 Å². The van der Waals surface area contributed by atoms with Gasteiger partial charge in [-0.1, -0.05) is 0 Å². The Morgan fingerprint density at radius 3 is 2.86 bits per heavy atom. The molecule has 1 unspecified atom stereocenters. The molecule has 3 heteroatoms. The topological polar surface area (TPSA) is 41.5 Å². The summed E-state index contributed by atoms with van der Waals surface area (Å²) in [6.07, 6.45) is 1.59. The Morgan fingerprint density at radius 2 is 2.71 bits per heavy atom. The van der Waals surface area contributed by atoms with Gasteiger partial charge in [-0.3, -0.25) is 0 Å². The van der Waals surface area contributed by atoms with Crippen molar-refractivity contribution in [1.29, 1.82) is 0 Å². The molecule has 1 rings (SSSR count). The fourth-order valence-corrected chi connectivity index (χ4v) is 0.449. The molecule has 0 aromatic heterocycles. The van der Waals surface area contributed by atoms with Gasteiger partial charge in [-0.2, -0.15) is 0 Å². The molecule has 0 fully saturated rings. The minimum Gasteiger partial charge on any atom is -0.329 e. The summed E-state index contributed by atoms with van der Waals surface area (Å²) in [4.78, 5) is 13.6. The Balaban J connectivity index is 2.58. The predicted molar refractivity (Wildman–Crippen MR) is 26.5 cm³/mol. The van der Waals surface area contributed by atoms with E-state index in [-0.39, 0.29) is 12.1 Å². The Hall–Kier alpha value is -0.860. The highest BCUT2D eigenvalue weighted by Crippen LogP contribution is 1.86. The largest absolute Gasteiger partial charge is 0.341 e. The Kier molecular flexibility index (Phi) is 0.817. The first-order valence-electron chi connectivity index (χ1n) is 2.14. The van der Waals surface area contributed by atoms with E-state index in [9.17, 15) is 4.79 Å². The van der Waals surface area contributed by atoms with E-state index in [0.29, 0.717) is 0 Å². The fourth-order valence-electron chi connectivity index (χ4n) is 0.449. The lowest BCUT2D eigenvalue weighted by molar-refractivity contribution is 0.250. The number of rotatable bonds is 0. The van der Waals surface area contributed by atoms with Crippen LogP contribution in [0.2, 0.25) is 0 Å². The highest BCUT2D eigenvalue weighted by molar-refractivity contribution is 5.92. The quantitative estimate of drug-likeness (QED) is 0.461. The number of hydrogen-bond donors (Lipinski definition) is 1. The van der Waals surface area contributed by atoms with Crippen molar-refractivity contribution >= 4 is 12.2 Å². The smallest absolute Gasteiger partial charge is 0.329 e. The van der Waals surface area contributed by atoms with Crippen LogP contribution in [0.15, 0.2) is 4.99 Å². The number of amides is 2. The molecular weight excluding hydrogens is 92.1 g/mol. The van der Waals surface area contributed by atoms with Gasteiger partial charge in [0.15, 0.2) is 0 Å². The van der Waals surface area contributed by atoms with Crippen molar-refractivity contribution in [1.82, 2.24) is 5.32 Å². The molecule has 0 saturated carbocycles.